The highest BCUT2D eigenvalue weighted by Crippen LogP contribution is 2.19. The smallest absolute Gasteiger partial charge is 0.128 e. The summed E-state index contributed by atoms with van der Waals surface area (Å²) in [6.07, 6.45) is 6.27. The maximum atomic E-state index is 4.52. The van der Waals surface area contributed by atoms with Crippen molar-refractivity contribution in [1.29, 1.82) is 0 Å². The van der Waals surface area contributed by atoms with Crippen molar-refractivity contribution in [2.24, 2.45) is 0 Å². The highest BCUT2D eigenvalue weighted by Gasteiger charge is 2.12. The Morgan fingerprint density at radius 2 is 1.95 bits per heavy atom. The predicted octanol–water partition coefficient (Wildman–Crippen LogP) is 2.69. The minimum Gasteiger partial charge on any atom is -0.378 e. The number of nitrogens with zero attached hydrogens (tertiary/aromatic N) is 3. The molecule has 3 heterocycles. The summed E-state index contributed by atoms with van der Waals surface area (Å²) in [7, 11) is 0. The van der Waals surface area contributed by atoms with Gasteiger partial charge in [0.05, 0.1) is 24.1 Å². The SMILES string of the molecule is c1ccc(CNc2ccc(N3CCCC3)nc2)nc1. The van der Waals surface area contributed by atoms with E-state index in [1.165, 1.54) is 12.8 Å². The number of hydrogen-bond acceptors (Lipinski definition) is 4. The standard InChI is InChI=1S/C15H18N4/c1-2-8-16-13(5-1)11-17-14-6-7-15(18-12-14)19-9-3-4-10-19/h1-2,5-8,12,17H,3-4,9-11H2. The molecule has 0 spiro atoms. The molecule has 1 saturated heterocycles. The van der Waals surface area contributed by atoms with E-state index in [1.54, 1.807) is 0 Å². The molecule has 1 aliphatic rings. The summed E-state index contributed by atoms with van der Waals surface area (Å²) in [5.41, 5.74) is 2.07. The molecule has 3 rings (SSSR count). The van der Waals surface area contributed by atoms with Crippen LogP contribution >= 0.6 is 0 Å². The second kappa shape index (κ2) is 5.69. The number of anilines is 2. The van der Waals surface area contributed by atoms with Crippen LogP contribution in [0.3, 0.4) is 0 Å². The first kappa shape index (κ1) is 12.0. The molecule has 0 unspecified atom stereocenters. The van der Waals surface area contributed by atoms with Gasteiger partial charge in [-0.15, -0.1) is 0 Å². The van der Waals surface area contributed by atoms with Crippen molar-refractivity contribution >= 4 is 11.5 Å². The van der Waals surface area contributed by atoms with E-state index in [1.807, 2.05) is 30.6 Å². The molecule has 0 atom stereocenters. The Kier molecular flexibility index (Phi) is 3.58. The van der Waals surface area contributed by atoms with E-state index in [4.69, 9.17) is 0 Å². The van der Waals surface area contributed by atoms with Gasteiger partial charge in [0.2, 0.25) is 0 Å². The normalized spacial score (nSPS) is 14.6. The fourth-order valence-corrected chi connectivity index (χ4v) is 2.32. The molecule has 1 N–H and O–H groups in total. The third-order valence-corrected chi connectivity index (χ3v) is 3.38. The van der Waals surface area contributed by atoms with Gasteiger partial charge in [0.15, 0.2) is 0 Å². The largest absolute Gasteiger partial charge is 0.378 e. The van der Waals surface area contributed by atoms with Crippen LogP contribution < -0.4 is 10.2 Å². The number of nitrogens with one attached hydrogen (secondary N) is 1. The summed E-state index contributed by atoms with van der Waals surface area (Å²) in [5, 5.41) is 3.34. The van der Waals surface area contributed by atoms with Crippen LogP contribution in [0, 0.1) is 0 Å². The first-order chi connectivity index (χ1) is 9.42. The molecule has 2 aromatic heterocycles. The van der Waals surface area contributed by atoms with E-state index < -0.39 is 0 Å². The Labute approximate surface area is 113 Å². The van der Waals surface area contributed by atoms with Crippen LogP contribution in [0.15, 0.2) is 42.7 Å². The third-order valence-electron chi connectivity index (χ3n) is 3.38. The van der Waals surface area contributed by atoms with Gasteiger partial charge in [-0.1, -0.05) is 6.07 Å². The Morgan fingerprint density at radius 3 is 2.63 bits per heavy atom. The van der Waals surface area contributed by atoms with Crippen LogP contribution in [0.1, 0.15) is 18.5 Å². The summed E-state index contributed by atoms with van der Waals surface area (Å²) in [4.78, 5) is 11.1. The number of pyridine rings is 2. The Morgan fingerprint density at radius 1 is 1.05 bits per heavy atom. The zero-order chi connectivity index (χ0) is 12.9. The number of aromatic nitrogens is 2. The number of rotatable bonds is 4. The molecule has 0 aromatic carbocycles. The average molecular weight is 254 g/mol. The maximum absolute atomic E-state index is 4.52. The van der Waals surface area contributed by atoms with E-state index in [0.717, 1.165) is 36.8 Å². The van der Waals surface area contributed by atoms with Crippen molar-refractivity contribution in [1.82, 2.24) is 9.97 Å². The topological polar surface area (TPSA) is 41.0 Å². The molecule has 0 saturated carbocycles. The highest BCUT2D eigenvalue weighted by atomic mass is 15.2. The molecular formula is C15H18N4. The first-order valence-corrected chi connectivity index (χ1v) is 6.76. The van der Waals surface area contributed by atoms with E-state index >= 15 is 0 Å². The Bertz CT molecular complexity index is 503. The molecule has 19 heavy (non-hydrogen) atoms. The van der Waals surface area contributed by atoms with Crippen molar-refractivity contribution in [2.45, 2.75) is 19.4 Å². The van der Waals surface area contributed by atoms with Crippen LogP contribution in [-0.2, 0) is 6.54 Å². The summed E-state index contributed by atoms with van der Waals surface area (Å²) >= 11 is 0. The van der Waals surface area contributed by atoms with E-state index in [2.05, 4.69) is 32.3 Å². The van der Waals surface area contributed by atoms with Crippen LogP contribution in [0.2, 0.25) is 0 Å². The fraction of sp³-hybridized carbons (Fsp3) is 0.333. The summed E-state index contributed by atoms with van der Waals surface area (Å²) in [6, 6.07) is 10.1. The van der Waals surface area contributed by atoms with Gasteiger partial charge in [0.1, 0.15) is 5.82 Å². The lowest BCUT2D eigenvalue weighted by Crippen LogP contribution is -2.18. The van der Waals surface area contributed by atoms with Crippen LogP contribution in [0.5, 0.6) is 0 Å². The van der Waals surface area contributed by atoms with Crippen molar-refractivity contribution in [2.75, 3.05) is 23.3 Å². The molecular weight excluding hydrogens is 236 g/mol. The van der Waals surface area contributed by atoms with Crippen LogP contribution in [-0.4, -0.2) is 23.1 Å². The van der Waals surface area contributed by atoms with Gasteiger partial charge in [-0.3, -0.25) is 4.98 Å². The van der Waals surface area contributed by atoms with E-state index in [-0.39, 0.29) is 0 Å². The molecule has 0 amide bonds. The van der Waals surface area contributed by atoms with Gasteiger partial charge in [-0.05, 0) is 37.1 Å². The van der Waals surface area contributed by atoms with Gasteiger partial charge >= 0.3 is 0 Å². The lowest BCUT2D eigenvalue weighted by Gasteiger charge is -2.16. The first-order valence-electron chi connectivity index (χ1n) is 6.76. The van der Waals surface area contributed by atoms with E-state index in [9.17, 15) is 0 Å². The lowest BCUT2D eigenvalue weighted by molar-refractivity contribution is 0.936. The zero-order valence-electron chi connectivity index (χ0n) is 10.9. The second-order valence-corrected chi connectivity index (χ2v) is 4.77. The Hall–Kier alpha value is -2.10. The molecule has 4 heteroatoms. The third kappa shape index (κ3) is 3.02. The van der Waals surface area contributed by atoms with Crippen LogP contribution in [0.4, 0.5) is 11.5 Å². The lowest BCUT2D eigenvalue weighted by atomic mass is 10.3. The predicted molar refractivity (Wildman–Crippen MR) is 77.2 cm³/mol. The summed E-state index contributed by atoms with van der Waals surface area (Å²) in [5.74, 6) is 1.08. The summed E-state index contributed by atoms with van der Waals surface area (Å²) in [6.45, 7) is 2.99. The zero-order valence-corrected chi connectivity index (χ0v) is 10.9. The van der Waals surface area contributed by atoms with Gasteiger partial charge in [0.25, 0.3) is 0 Å². The second-order valence-electron chi connectivity index (χ2n) is 4.77. The molecule has 98 valence electrons. The highest BCUT2D eigenvalue weighted by molar-refractivity contribution is 5.49. The molecule has 0 bridgehead atoms. The minimum absolute atomic E-state index is 0.728. The average Bonchev–Trinajstić information content (AvgIpc) is 3.01. The van der Waals surface area contributed by atoms with Gasteiger partial charge in [-0.25, -0.2) is 4.98 Å². The summed E-state index contributed by atoms with van der Waals surface area (Å²) < 4.78 is 0. The minimum atomic E-state index is 0.728. The molecule has 0 radical (unpaired) electrons. The molecule has 2 aromatic rings. The van der Waals surface area contributed by atoms with Crippen LogP contribution in [0.25, 0.3) is 0 Å². The Balaban J connectivity index is 1.60. The van der Waals surface area contributed by atoms with Crippen molar-refractivity contribution in [3.8, 4) is 0 Å². The van der Waals surface area contributed by atoms with Crippen molar-refractivity contribution in [3.63, 3.8) is 0 Å². The number of hydrogen-bond donors (Lipinski definition) is 1. The van der Waals surface area contributed by atoms with Crippen molar-refractivity contribution in [3.05, 3.63) is 48.4 Å². The van der Waals surface area contributed by atoms with E-state index in [0.29, 0.717) is 0 Å². The monoisotopic (exact) mass is 254 g/mol. The quantitative estimate of drug-likeness (QED) is 0.910. The van der Waals surface area contributed by atoms with Gasteiger partial charge in [-0.2, -0.15) is 0 Å². The maximum Gasteiger partial charge on any atom is 0.128 e. The van der Waals surface area contributed by atoms with Gasteiger partial charge in [0, 0.05) is 19.3 Å². The van der Waals surface area contributed by atoms with Gasteiger partial charge < -0.3 is 10.2 Å². The fourth-order valence-electron chi connectivity index (χ4n) is 2.32. The van der Waals surface area contributed by atoms with Crippen molar-refractivity contribution < 1.29 is 0 Å². The molecule has 4 nitrogen and oxygen atoms in total. The molecule has 0 aliphatic carbocycles. The molecule has 1 fully saturated rings. The molecule has 1 aliphatic heterocycles.